The molecule has 6 heteroatoms. The van der Waals surface area contributed by atoms with E-state index in [9.17, 15) is 0 Å². The van der Waals surface area contributed by atoms with Crippen LogP contribution in [0.4, 0.5) is 0 Å². The molecule has 98 valence electrons. The largest absolute Gasteiger partial charge is 0.321 e. The van der Waals surface area contributed by atoms with Gasteiger partial charge >= 0.3 is 0 Å². The summed E-state index contributed by atoms with van der Waals surface area (Å²) >= 11 is 11.4. The topological polar surface area (TPSA) is 30.7 Å². The lowest BCUT2D eigenvalue weighted by Crippen LogP contribution is -2.04. The number of aromatic nitrogens is 3. The summed E-state index contributed by atoms with van der Waals surface area (Å²) in [7, 11) is 0. The van der Waals surface area contributed by atoms with Crippen LogP contribution in [0, 0.1) is 0 Å². The molecule has 0 saturated heterocycles. The molecule has 2 heterocycles. The maximum atomic E-state index is 6.25. The molecule has 0 N–H and O–H groups in total. The van der Waals surface area contributed by atoms with Crippen molar-refractivity contribution in [3.05, 3.63) is 45.1 Å². The summed E-state index contributed by atoms with van der Waals surface area (Å²) in [5, 5.41) is -0.126. The van der Waals surface area contributed by atoms with Crippen LogP contribution in [0.25, 0.3) is 11.0 Å². The molecule has 3 aromatic rings. The number of thiazole rings is 1. The Balaban J connectivity index is 2.18. The van der Waals surface area contributed by atoms with Crippen LogP contribution in [-0.4, -0.2) is 14.5 Å². The predicted molar refractivity (Wildman–Crippen MR) is 82.9 cm³/mol. The third-order valence-corrected chi connectivity index (χ3v) is 4.35. The summed E-state index contributed by atoms with van der Waals surface area (Å²) in [6, 6.07) is 6.08. The van der Waals surface area contributed by atoms with Crippen LogP contribution in [0.3, 0.4) is 0 Å². The molecular weight excluding hydrogens is 346 g/mol. The highest BCUT2D eigenvalue weighted by molar-refractivity contribution is 9.10. The van der Waals surface area contributed by atoms with Gasteiger partial charge in [0.15, 0.2) is 0 Å². The minimum Gasteiger partial charge on any atom is -0.321 e. The Kier molecular flexibility index (Phi) is 3.60. The highest BCUT2D eigenvalue weighted by Gasteiger charge is 2.15. The molecule has 3 rings (SSSR count). The Morgan fingerprint density at radius 2 is 2.32 bits per heavy atom. The summed E-state index contributed by atoms with van der Waals surface area (Å²) in [5.41, 5.74) is 3.90. The molecule has 0 bridgehead atoms. The zero-order valence-corrected chi connectivity index (χ0v) is 13.3. The number of alkyl halides is 1. The predicted octanol–water partition coefficient (Wildman–Crippen LogP) is 4.60. The van der Waals surface area contributed by atoms with E-state index in [-0.39, 0.29) is 5.38 Å². The van der Waals surface area contributed by atoms with Gasteiger partial charge in [0.2, 0.25) is 0 Å². The maximum absolute atomic E-state index is 6.25. The lowest BCUT2D eigenvalue weighted by molar-refractivity contribution is 0.749. The van der Waals surface area contributed by atoms with Crippen molar-refractivity contribution in [2.75, 3.05) is 0 Å². The van der Waals surface area contributed by atoms with Crippen LogP contribution in [-0.2, 0) is 6.54 Å². The van der Waals surface area contributed by atoms with Gasteiger partial charge in [-0.25, -0.2) is 4.98 Å². The van der Waals surface area contributed by atoms with Crippen LogP contribution in [0.15, 0.2) is 34.4 Å². The van der Waals surface area contributed by atoms with E-state index in [1.807, 2.05) is 30.8 Å². The summed E-state index contributed by atoms with van der Waals surface area (Å²) in [6.07, 6.45) is 1.89. The minimum absolute atomic E-state index is 0.126. The molecule has 0 saturated carbocycles. The minimum atomic E-state index is -0.126. The van der Waals surface area contributed by atoms with E-state index in [1.165, 1.54) is 4.88 Å². The van der Waals surface area contributed by atoms with Gasteiger partial charge in [0.1, 0.15) is 5.82 Å². The highest BCUT2D eigenvalue weighted by atomic mass is 79.9. The Morgan fingerprint density at radius 1 is 1.47 bits per heavy atom. The molecule has 1 aromatic carbocycles. The fourth-order valence-corrected chi connectivity index (χ4v) is 3.16. The van der Waals surface area contributed by atoms with Gasteiger partial charge in [0.05, 0.1) is 28.5 Å². The van der Waals surface area contributed by atoms with Gasteiger partial charge in [-0.3, -0.25) is 4.98 Å². The van der Waals surface area contributed by atoms with Gasteiger partial charge in [0, 0.05) is 15.5 Å². The van der Waals surface area contributed by atoms with Crippen LogP contribution in [0.5, 0.6) is 0 Å². The molecule has 1 atom stereocenters. The van der Waals surface area contributed by atoms with Crippen LogP contribution >= 0.6 is 38.9 Å². The molecule has 0 amide bonds. The molecule has 19 heavy (non-hydrogen) atoms. The molecular formula is C13H11BrClN3S. The first-order valence-corrected chi connectivity index (χ1v) is 7.93. The van der Waals surface area contributed by atoms with Gasteiger partial charge in [-0.05, 0) is 25.1 Å². The highest BCUT2D eigenvalue weighted by Crippen LogP contribution is 2.28. The molecule has 0 fully saturated rings. The summed E-state index contributed by atoms with van der Waals surface area (Å²) in [4.78, 5) is 9.94. The number of benzene rings is 1. The Bertz CT molecular complexity index is 706. The second kappa shape index (κ2) is 5.23. The van der Waals surface area contributed by atoms with Crippen molar-refractivity contribution in [1.82, 2.24) is 14.5 Å². The monoisotopic (exact) mass is 355 g/mol. The first-order valence-electron chi connectivity index (χ1n) is 5.82. The number of rotatable bonds is 3. The lowest BCUT2D eigenvalue weighted by atomic mass is 10.3. The van der Waals surface area contributed by atoms with Gasteiger partial charge in [-0.15, -0.1) is 22.9 Å². The van der Waals surface area contributed by atoms with E-state index >= 15 is 0 Å². The lowest BCUT2D eigenvalue weighted by Gasteiger charge is -2.09. The molecule has 0 aliphatic carbocycles. The van der Waals surface area contributed by atoms with E-state index in [0.29, 0.717) is 0 Å². The van der Waals surface area contributed by atoms with Crippen molar-refractivity contribution in [1.29, 1.82) is 0 Å². The van der Waals surface area contributed by atoms with Gasteiger partial charge in [-0.1, -0.05) is 15.9 Å². The van der Waals surface area contributed by atoms with Crippen molar-refractivity contribution in [3.8, 4) is 0 Å². The third-order valence-electron chi connectivity index (χ3n) is 2.89. The number of imidazole rings is 1. The molecule has 0 aliphatic heterocycles. The quantitative estimate of drug-likeness (QED) is 0.642. The van der Waals surface area contributed by atoms with E-state index in [4.69, 9.17) is 11.6 Å². The molecule has 3 nitrogen and oxygen atoms in total. The first-order chi connectivity index (χ1) is 9.15. The fraction of sp³-hybridized carbons (Fsp3) is 0.231. The molecule has 0 aliphatic rings. The number of halogens is 2. The summed E-state index contributed by atoms with van der Waals surface area (Å²) in [5.74, 6) is 0.892. The van der Waals surface area contributed by atoms with E-state index < -0.39 is 0 Å². The number of hydrogen-bond donors (Lipinski definition) is 0. The van der Waals surface area contributed by atoms with Gasteiger partial charge < -0.3 is 4.57 Å². The zero-order valence-electron chi connectivity index (χ0n) is 10.2. The van der Waals surface area contributed by atoms with E-state index in [2.05, 4.69) is 36.5 Å². The van der Waals surface area contributed by atoms with Crippen molar-refractivity contribution < 1.29 is 0 Å². The second-order valence-electron chi connectivity index (χ2n) is 4.27. The van der Waals surface area contributed by atoms with Crippen LogP contribution < -0.4 is 0 Å². The van der Waals surface area contributed by atoms with Crippen molar-refractivity contribution in [3.63, 3.8) is 0 Å². The Morgan fingerprint density at radius 3 is 3.00 bits per heavy atom. The molecule has 1 unspecified atom stereocenters. The van der Waals surface area contributed by atoms with Gasteiger partial charge in [0.25, 0.3) is 0 Å². The third kappa shape index (κ3) is 2.55. The van der Waals surface area contributed by atoms with Crippen molar-refractivity contribution in [2.24, 2.45) is 0 Å². The van der Waals surface area contributed by atoms with E-state index in [0.717, 1.165) is 27.9 Å². The molecule has 0 spiro atoms. The Labute approximate surface area is 128 Å². The average molecular weight is 357 g/mol. The first kappa shape index (κ1) is 13.1. The van der Waals surface area contributed by atoms with Crippen LogP contribution in [0.2, 0.25) is 0 Å². The smallest absolute Gasteiger partial charge is 0.128 e. The average Bonchev–Trinajstić information content (AvgIpc) is 2.98. The summed E-state index contributed by atoms with van der Waals surface area (Å²) < 4.78 is 3.20. The number of nitrogens with zero attached hydrogens (tertiary/aromatic N) is 3. The number of hydrogen-bond acceptors (Lipinski definition) is 3. The zero-order chi connectivity index (χ0) is 13.4. The van der Waals surface area contributed by atoms with Crippen molar-refractivity contribution >= 4 is 49.9 Å². The maximum Gasteiger partial charge on any atom is 0.128 e. The fourth-order valence-electron chi connectivity index (χ4n) is 2.06. The summed E-state index contributed by atoms with van der Waals surface area (Å²) in [6.45, 7) is 2.70. The Hall–Kier alpha value is -0.910. The van der Waals surface area contributed by atoms with E-state index in [1.54, 1.807) is 11.3 Å². The van der Waals surface area contributed by atoms with Crippen LogP contribution in [0.1, 0.15) is 23.0 Å². The molecule has 2 aromatic heterocycles. The number of fused-ring (bicyclic) bond motifs is 1. The van der Waals surface area contributed by atoms with Crippen molar-refractivity contribution in [2.45, 2.75) is 18.8 Å². The SMILES string of the molecule is CC(Cl)c1nc2ccc(Br)cc2n1Cc1cncs1. The molecule has 0 radical (unpaired) electrons. The normalized spacial score (nSPS) is 13.0. The second-order valence-corrected chi connectivity index (χ2v) is 6.81. The van der Waals surface area contributed by atoms with Gasteiger partial charge in [-0.2, -0.15) is 0 Å². The standard InChI is InChI=1S/C13H11BrClN3S/c1-8(15)13-17-11-3-2-9(14)4-12(11)18(13)6-10-5-16-7-19-10/h2-5,7-8H,6H2,1H3.